The Hall–Kier alpha value is -3.53. The van der Waals surface area contributed by atoms with Gasteiger partial charge in [0.25, 0.3) is 5.91 Å². The van der Waals surface area contributed by atoms with Crippen LogP contribution in [0.15, 0.2) is 59.8 Å². The second kappa shape index (κ2) is 9.95. The summed E-state index contributed by atoms with van der Waals surface area (Å²) in [6.07, 6.45) is -4.67. The van der Waals surface area contributed by atoms with Crippen molar-refractivity contribution in [2.24, 2.45) is 0 Å². The van der Waals surface area contributed by atoms with Gasteiger partial charge in [0.05, 0.1) is 43.1 Å². The van der Waals surface area contributed by atoms with E-state index in [1.807, 2.05) is 0 Å². The van der Waals surface area contributed by atoms with Crippen LogP contribution in [-0.4, -0.2) is 44.2 Å². The molecule has 0 radical (unpaired) electrons. The van der Waals surface area contributed by atoms with Crippen LogP contribution in [-0.2, 0) is 15.7 Å². The van der Waals surface area contributed by atoms with Gasteiger partial charge in [0.15, 0.2) is 0 Å². The second-order valence-electron chi connectivity index (χ2n) is 7.27. The van der Waals surface area contributed by atoms with Gasteiger partial charge < -0.3 is 20.1 Å². The number of nitrogens with one attached hydrogen (secondary N) is 2. The van der Waals surface area contributed by atoms with E-state index in [-0.39, 0.29) is 30.0 Å². The van der Waals surface area contributed by atoms with Crippen molar-refractivity contribution < 1.29 is 32.2 Å². The fourth-order valence-corrected chi connectivity index (χ4v) is 3.71. The lowest BCUT2D eigenvalue weighted by atomic mass is 9.90. The first-order chi connectivity index (χ1) is 15.7. The number of halogens is 3. The van der Waals surface area contributed by atoms with Crippen molar-refractivity contribution in [3.63, 3.8) is 0 Å². The van der Waals surface area contributed by atoms with Crippen LogP contribution < -0.4 is 15.4 Å². The van der Waals surface area contributed by atoms with E-state index in [1.54, 1.807) is 24.3 Å². The Balaban J connectivity index is 2.12. The molecule has 0 aliphatic carbocycles. The molecule has 2 aromatic rings. The molecule has 3 rings (SSSR count). The molecule has 1 heterocycles. The molecule has 7 nitrogen and oxygen atoms in total. The standard InChI is InChI=1S/C23H24F3N3O4/c1-14-19(21(30)27-17-10-6-7-11-18(17)33-3)20(28-22(31)29(14)12-13-32-2)15-8-4-5-9-16(15)23(24,25)26/h4-11,20H,12-13H2,1-3H3,(H,27,30)(H,28,31)/t20-/m0/s1. The average molecular weight is 463 g/mol. The highest BCUT2D eigenvalue weighted by atomic mass is 19.4. The summed E-state index contributed by atoms with van der Waals surface area (Å²) in [5.41, 5.74) is -0.614. The molecule has 3 amide bonds. The van der Waals surface area contributed by atoms with Crippen molar-refractivity contribution in [3.8, 4) is 5.75 Å². The van der Waals surface area contributed by atoms with E-state index < -0.39 is 29.7 Å². The number of para-hydroxylation sites is 2. The number of carbonyl (C=O) groups excluding carboxylic acids is 2. The minimum Gasteiger partial charge on any atom is -0.495 e. The monoisotopic (exact) mass is 463 g/mol. The molecule has 2 N–H and O–H groups in total. The molecule has 0 spiro atoms. The van der Waals surface area contributed by atoms with Crippen LogP contribution in [0.2, 0.25) is 0 Å². The average Bonchev–Trinajstić information content (AvgIpc) is 2.78. The number of hydrogen-bond donors (Lipinski definition) is 2. The number of benzene rings is 2. The zero-order valence-electron chi connectivity index (χ0n) is 18.3. The first-order valence-corrected chi connectivity index (χ1v) is 10.1. The molecule has 0 saturated heterocycles. The summed E-state index contributed by atoms with van der Waals surface area (Å²) < 4.78 is 51.5. The topological polar surface area (TPSA) is 79.9 Å². The van der Waals surface area contributed by atoms with Crippen LogP contribution >= 0.6 is 0 Å². The molecular formula is C23H24F3N3O4. The molecule has 1 aliphatic rings. The summed E-state index contributed by atoms with van der Waals surface area (Å²) in [4.78, 5) is 27.4. The van der Waals surface area contributed by atoms with Gasteiger partial charge in [-0.15, -0.1) is 0 Å². The third kappa shape index (κ3) is 5.11. The Labute approximate surface area is 189 Å². The third-order valence-electron chi connectivity index (χ3n) is 5.29. The van der Waals surface area contributed by atoms with Crippen molar-refractivity contribution in [1.82, 2.24) is 10.2 Å². The number of allylic oxidation sites excluding steroid dienone is 1. The summed E-state index contributed by atoms with van der Waals surface area (Å²) in [6.45, 7) is 1.82. The van der Waals surface area contributed by atoms with Gasteiger partial charge in [-0.25, -0.2) is 4.79 Å². The number of ether oxygens (including phenoxy) is 2. The van der Waals surface area contributed by atoms with E-state index in [0.29, 0.717) is 11.4 Å². The number of methoxy groups -OCH3 is 2. The Bertz CT molecular complexity index is 1070. The van der Waals surface area contributed by atoms with Crippen LogP contribution in [0.1, 0.15) is 24.1 Å². The molecule has 0 bridgehead atoms. The highest BCUT2D eigenvalue weighted by molar-refractivity contribution is 6.07. The second-order valence-corrected chi connectivity index (χ2v) is 7.27. The molecule has 0 fully saturated rings. The Kier molecular flexibility index (Phi) is 7.27. The van der Waals surface area contributed by atoms with Gasteiger partial charge in [0, 0.05) is 12.8 Å². The normalized spacial score (nSPS) is 16.5. The summed E-state index contributed by atoms with van der Waals surface area (Å²) in [5.74, 6) is -0.283. The predicted octanol–water partition coefficient (Wildman–Crippen LogP) is 4.34. The summed E-state index contributed by atoms with van der Waals surface area (Å²) >= 11 is 0. The van der Waals surface area contributed by atoms with E-state index in [4.69, 9.17) is 9.47 Å². The van der Waals surface area contributed by atoms with Crippen molar-refractivity contribution in [2.75, 3.05) is 32.7 Å². The fourth-order valence-electron chi connectivity index (χ4n) is 3.71. The van der Waals surface area contributed by atoms with Crippen molar-refractivity contribution in [3.05, 3.63) is 70.9 Å². The molecule has 10 heteroatoms. The van der Waals surface area contributed by atoms with Crippen LogP contribution in [0.5, 0.6) is 5.75 Å². The largest absolute Gasteiger partial charge is 0.495 e. The molecule has 176 valence electrons. The van der Waals surface area contributed by atoms with Gasteiger partial charge in [-0.05, 0) is 30.7 Å². The number of alkyl halides is 3. The smallest absolute Gasteiger partial charge is 0.416 e. The molecule has 1 atom stereocenters. The summed E-state index contributed by atoms with van der Waals surface area (Å²) in [7, 11) is 2.89. The van der Waals surface area contributed by atoms with Gasteiger partial charge in [-0.3, -0.25) is 9.69 Å². The number of rotatable bonds is 7. The quantitative estimate of drug-likeness (QED) is 0.640. The maximum atomic E-state index is 13.7. The molecule has 0 saturated carbocycles. The summed E-state index contributed by atoms with van der Waals surface area (Å²) in [5, 5.41) is 5.26. The molecule has 33 heavy (non-hydrogen) atoms. The SMILES string of the molecule is COCCN1C(=O)N[C@@H](c2ccccc2C(F)(F)F)C(C(=O)Nc2ccccc2OC)=C1C. The molecule has 0 unspecified atom stereocenters. The minimum atomic E-state index is -4.67. The van der Waals surface area contributed by atoms with Gasteiger partial charge in [0.1, 0.15) is 5.75 Å². The van der Waals surface area contributed by atoms with Crippen LogP contribution in [0.3, 0.4) is 0 Å². The Morgan fingerprint density at radius 3 is 2.45 bits per heavy atom. The maximum absolute atomic E-state index is 13.7. The van der Waals surface area contributed by atoms with Crippen LogP contribution in [0.4, 0.5) is 23.7 Å². The molecule has 0 aromatic heterocycles. The van der Waals surface area contributed by atoms with Crippen molar-refractivity contribution in [2.45, 2.75) is 19.1 Å². The number of amides is 3. The number of carbonyl (C=O) groups is 2. The van der Waals surface area contributed by atoms with E-state index in [1.165, 1.54) is 44.2 Å². The predicted molar refractivity (Wildman–Crippen MR) is 116 cm³/mol. The lowest BCUT2D eigenvalue weighted by molar-refractivity contribution is -0.138. The van der Waals surface area contributed by atoms with Gasteiger partial charge in [-0.1, -0.05) is 30.3 Å². The van der Waals surface area contributed by atoms with Crippen LogP contribution in [0, 0.1) is 0 Å². The maximum Gasteiger partial charge on any atom is 0.416 e. The number of urea groups is 1. The van der Waals surface area contributed by atoms with Gasteiger partial charge in [0.2, 0.25) is 0 Å². The number of nitrogens with zero attached hydrogens (tertiary/aromatic N) is 1. The zero-order chi connectivity index (χ0) is 24.2. The third-order valence-corrected chi connectivity index (χ3v) is 5.29. The Morgan fingerprint density at radius 2 is 1.79 bits per heavy atom. The summed E-state index contributed by atoms with van der Waals surface area (Å²) in [6, 6.07) is 9.57. The highest BCUT2D eigenvalue weighted by Crippen LogP contribution is 2.39. The fraction of sp³-hybridized carbons (Fsp3) is 0.304. The van der Waals surface area contributed by atoms with Gasteiger partial charge >= 0.3 is 12.2 Å². The lowest BCUT2D eigenvalue weighted by Crippen LogP contribution is -2.49. The lowest BCUT2D eigenvalue weighted by Gasteiger charge is -2.36. The first-order valence-electron chi connectivity index (χ1n) is 10.1. The van der Waals surface area contributed by atoms with Crippen molar-refractivity contribution >= 4 is 17.6 Å². The van der Waals surface area contributed by atoms with Crippen molar-refractivity contribution in [1.29, 1.82) is 0 Å². The van der Waals surface area contributed by atoms with E-state index in [9.17, 15) is 22.8 Å². The minimum absolute atomic E-state index is 0.0201. The molecule has 1 aliphatic heterocycles. The Morgan fingerprint density at radius 1 is 1.12 bits per heavy atom. The van der Waals surface area contributed by atoms with E-state index in [0.717, 1.165) is 6.07 Å². The highest BCUT2D eigenvalue weighted by Gasteiger charge is 2.41. The van der Waals surface area contributed by atoms with Gasteiger partial charge in [-0.2, -0.15) is 13.2 Å². The molecular weight excluding hydrogens is 439 g/mol. The van der Waals surface area contributed by atoms with E-state index in [2.05, 4.69) is 10.6 Å². The van der Waals surface area contributed by atoms with E-state index >= 15 is 0 Å². The molecule has 2 aromatic carbocycles. The zero-order valence-corrected chi connectivity index (χ0v) is 18.3. The van der Waals surface area contributed by atoms with Crippen LogP contribution in [0.25, 0.3) is 0 Å². The first kappa shape index (κ1) is 24.1. The number of anilines is 1. The number of hydrogen-bond acceptors (Lipinski definition) is 4.